The molecule has 1 aromatic carbocycles. The van der Waals surface area contributed by atoms with E-state index in [0.29, 0.717) is 18.9 Å². The van der Waals surface area contributed by atoms with Crippen LogP contribution in [0.5, 0.6) is 0 Å². The largest absolute Gasteiger partial charge is 0.418 e. The van der Waals surface area contributed by atoms with Gasteiger partial charge in [-0.1, -0.05) is 6.92 Å². The van der Waals surface area contributed by atoms with Crippen molar-refractivity contribution in [2.24, 2.45) is 0 Å². The summed E-state index contributed by atoms with van der Waals surface area (Å²) in [6.45, 7) is 1.62. The lowest BCUT2D eigenvalue weighted by Gasteiger charge is -2.20. The Morgan fingerprint density at radius 2 is 2.10 bits per heavy atom. The number of nitrogens with zero attached hydrogens (tertiary/aromatic N) is 1. The number of nitrogens with one attached hydrogen (secondary N) is 1. The van der Waals surface area contributed by atoms with E-state index in [0.717, 1.165) is 12.1 Å². The van der Waals surface area contributed by atoms with Crippen LogP contribution in [0.1, 0.15) is 25.3 Å². The topological polar surface area (TPSA) is 75.4 Å². The van der Waals surface area contributed by atoms with Gasteiger partial charge in [-0.25, -0.2) is 0 Å². The maximum absolute atomic E-state index is 12.9. The van der Waals surface area contributed by atoms with Crippen molar-refractivity contribution in [2.45, 2.75) is 32.0 Å². The highest BCUT2D eigenvalue weighted by Crippen LogP contribution is 2.37. The molecule has 0 saturated heterocycles. The van der Waals surface area contributed by atoms with E-state index in [-0.39, 0.29) is 18.3 Å². The zero-order valence-electron chi connectivity index (χ0n) is 10.8. The highest BCUT2D eigenvalue weighted by Gasteiger charge is 2.35. The van der Waals surface area contributed by atoms with Gasteiger partial charge in [-0.05, 0) is 18.9 Å². The number of alkyl halides is 3. The van der Waals surface area contributed by atoms with Crippen molar-refractivity contribution in [3.63, 3.8) is 0 Å². The first-order chi connectivity index (χ1) is 9.29. The summed E-state index contributed by atoms with van der Waals surface area (Å²) in [5.41, 5.74) is -1.91. The van der Waals surface area contributed by atoms with Gasteiger partial charge >= 0.3 is 6.18 Å². The average molecular weight is 292 g/mol. The van der Waals surface area contributed by atoms with Gasteiger partial charge in [-0.2, -0.15) is 13.2 Å². The molecule has 0 aliphatic heterocycles. The molecule has 0 saturated carbocycles. The smallest absolute Gasteiger partial charge is 0.396 e. The van der Waals surface area contributed by atoms with Gasteiger partial charge in [-0.3, -0.25) is 10.1 Å². The number of aliphatic hydroxyl groups excluding tert-OH is 1. The maximum Gasteiger partial charge on any atom is 0.418 e. The highest BCUT2D eigenvalue weighted by atomic mass is 19.4. The first-order valence-electron chi connectivity index (χ1n) is 6.02. The Labute approximate surface area is 113 Å². The summed E-state index contributed by atoms with van der Waals surface area (Å²) in [4.78, 5) is 9.69. The molecule has 1 atom stereocenters. The van der Waals surface area contributed by atoms with Gasteiger partial charge in [0.1, 0.15) is 0 Å². The maximum atomic E-state index is 12.9. The van der Waals surface area contributed by atoms with E-state index < -0.39 is 22.4 Å². The zero-order valence-corrected chi connectivity index (χ0v) is 10.8. The predicted molar refractivity (Wildman–Crippen MR) is 67.5 cm³/mol. The molecule has 1 unspecified atom stereocenters. The Morgan fingerprint density at radius 3 is 2.55 bits per heavy atom. The molecule has 0 aliphatic carbocycles. The second-order valence-corrected chi connectivity index (χ2v) is 4.25. The van der Waals surface area contributed by atoms with Crippen LogP contribution in [0.3, 0.4) is 0 Å². The first-order valence-corrected chi connectivity index (χ1v) is 6.02. The van der Waals surface area contributed by atoms with Crippen molar-refractivity contribution in [1.82, 2.24) is 0 Å². The number of hydrogen-bond donors (Lipinski definition) is 2. The molecule has 0 heterocycles. The SMILES string of the molecule is CCC(CCO)Nc1ccc([N+](=O)[O-])cc1C(F)(F)F. The quantitative estimate of drug-likeness (QED) is 0.623. The van der Waals surface area contributed by atoms with Crippen molar-refractivity contribution >= 4 is 11.4 Å². The molecular formula is C12H15F3N2O3. The Morgan fingerprint density at radius 1 is 1.45 bits per heavy atom. The van der Waals surface area contributed by atoms with Gasteiger partial charge < -0.3 is 10.4 Å². The summed E-state index contributed by atoms with van der Waals surface area (Å²) in [5.74, 6) is 0. The van der Waals surface area contributed by atoms with Gasteiger partial charge in [0.25, 0.3) is 5.69 Å². The fourth-order valence-corrected chi connectivity index (χ4v) is 1.76. The number of nitro benzene ring substituents is 1. The Bertz CT molecular complexity index is 478. The van der Waals surface area contributed by atoms with Gasteiger partial charge in [-0.15, -0.1) is 0 Å². The van der Waals surface area contributed by atoms with Crippen LogP contribution in [0, 0.1) is 10.1 Å². The molecular weight excluding hydrogens is 277 g/mol. The molecule has 0 fully saturated rings. The fourth-order valence-electron chi connectivity index (χ4n) is 1.76. The van der Waals surface area contributed by atoms with Crippen LogP contribution in [0.25, 0.3) is 0 Å². The number of nitro groups is 1. The van der Waals surface area contributed by atoms with E-state index in [2.05, 4.69) is 5.32 Å². The first kappa shape index (κ1) is 16.2. The molecule has 2 N–H and O–H groups in total. The minimum Gasteiger partial charge on any atom is -0.396 e. The van der Waals surface area contributed by atoms with E-state index in [1.807, 2.05) is 0 Å². The molecule has 1 aromatic rings. The third-order valence-corrected chi connectivity index (χ3v) is 2.85. The average Bonchev–Trinajstić information content (AvgIpc) is 2.37. The Hall–Kier alpha value is -1.83. The minimum absolute atomic E-state index is 0.153. The molecule has 0 bridgehead atoms. The lowest BCUT2D eigenvalue weighted by atomic mass is 10.1. The molecule has 8 heteroatoms. The number of hydrogen-bond acceptors (Lipinski definition) is 4. The number of halogens is 3. The highest BCUT2D eigenvalue weighted by molar-refractivity contribution is 5.57. The van der Waals surface area contributed by atoms with Crippen LogP contribution < -0.4 is 5.32 Å². The van der Waals surface area contributed by atoms with Crippen LogP contribution in [-0.4, -0.2) is 22.7 Å². The molecule has 0 radical (unpaired) electrons. The summed E-state index contributed by atoms with van der Waals surface area (Å²) in [6, 6.07) is 2.24. The van der Waals surface area contributed by atoms with E-state index in [9.17, 15) is 23.3 Å². The minimum atomic E-state index is -4.69. The molecule has 20 heavy (non-hydrogen) atoms. The van der Waals surface area contributed by atoms with E-state index in [4.69, 9.17) is 5.11 Å². The van der Waals surface area contributed by atoms with Crippen LogP contribution in [0.15, 0.2) is 18.2 Å². The summed E-state index contributed by atoms with van der Waals surface area (Å²) in [6.07, 6.45) is -3.87. The molecule has 0 aliphatic rings. The Balaban J connectivity index is 3.15. The van der Waals surface area contributed by atoms with Crippen molar-refractivity contribution in [3.8, 4) is 0 Å². The van der Waals surface area contributed by atoms with E-state index in [1.54, 1.807) is 6.92 Å². The van der Waals surface area contributed by atoms with Crippen LogP contribution in [0.2, 0.25) is 0 Å². The second-order valence-electron chi connectivity index (χ2n) is 4.25. The van der Waals surface area contributed by atoms with Crippen LogP contribution in [0.4, 0.5) is 24.5 Å². The molecule has 1 rings (SSSR count). The summed E-state index contributed by atoms with van der Waals surface area (Å²) >= 11 is 0. The molecule has 0 aromatic heterocycles. The molecule has 112 valence electrons. The van der Waals surface area contributed by atoms with Gasteiger partial charge in [0.2, 0.25) is 0 Å². The van der Waals surface area contributed by atoms with E-state index >= 15 is 0 Å². The molecule has 0 amide bonds. The monoisotopic (exact) mass is 292 g/mol. The van der Waals surface area contributed by atoms with Gasteiger partial charge in [0.05, 0.1) is 10.5 Å². The number of rotatable bonds is 6. The third kappa shape index (κ3) is 4.09. The summed E-state index contributed by atoms with van der Waals surface area (Å²) in [5, 5.41) is 22.1. The summed E-state index contributed by atoms with van der Waals surface area (Å²) in [7, 11) is 0. The zero-order chi connectivity index (χ0) is 15.3. The molecule has 5 nitrogen and oxygen atoms in total. The standard InChI is InChI=1S/C12H15F3N2O3/c1-2-8(5-6-18)16-11-4-3-9(17(19)20)7-10(11)12(13,14)15/h3-4,7-8,16,18H,2,5-6H2,1H3. The lowest BCUT2D eigenvalue weighted by molar-refractivity contribution is -0.385. The van der Waals surface area contributed by atoms with Crippen LogP contribution in [-0.2, 0) is 6.18 Å². The van der Waals surface area contributed by atoms with Crippen molar-refractivity contribution in [1.29, 1.82) is 0 Å². The summed E-state index contributed by atoms with van der Waals surface area (Å²) < 4.78 is 38.8. The number of anilines is 1. The number of benzene rings is 1. The normalized spacial score (nSPS) is 13.1. The molecule has 0 spiro atoms. The lowest BCUT2D eigenvalue weighted by Crippen LogP contribution is -2.22. The van der Waals surface area contributed by atoms with Gasteiger partial charge in [0.15, 0.2) is 0 Å². The van der Waals surface area contributed by atoms with Gasteiger partial charge in [0, 0.05) is 30.5 Å². The van der Waals surface area contributed by atoms with E-state index in [1.165, 1.54) is 0 Å². The predicted octanol–water partition coefficient (Wildman–Crippen LogP) is 3.19. The number of aliphatic hydroxyl groups is 1. The van der Waals surface area contributed by atoms with Crippen LogP contribution >= 0.6 is 0 Å². The van der Waals surface area contributed by atoms with Crippen molar-refractivity contribution in [2.75, 3.05) is 11.9 Å². The fraction of sp³-hybridized carbons (Fsp3) is 0.500. The third-order valence-electron chi connectivity index (χ3n) is 2.85. The van der Waals surface area contributed by atoms with Crippen molar-refractivity contribution < 1.29 is 23.2 Å². The number of non-ortho nitro benzene ring substituents is 1. The second kappa shape index (κ2) is 6.56. The Kier molecular flexibility index (Phi) is 5.32. The van der Waals surface area contributed by atoms with Crippen molar-refractivity contribution in [3.05, 3.63) is 33.9 Å².